The van der Waals surface area contributed by atoms with Crippen molar-refractivity contribution < 1.29 is 0 Å². The van der Waals surface area contributed by atoms with Gasteiger partial charge in [0, 0.05) is 61.4 Å². The molecule has 2 aliphatic rings. The molecule has 2 aliphatic heterocycles. The van der Waals surface area contributed by atoms with Crippen LogP contribution in [0.4, 0.5) is 34.1 Å². The van der Waals surface area contributed by atoms with Gasteiger partial charge in [-0.25, -0.2) is 0 Å². The van der Waals surface area contributed by atoms with E-state index in [9.17, 15) is 0 Å². The van der Waals surface area contributed by atoms with Crippen molar-refractivity contribution in [1.82, 2.24) is 4.57 Å². The summed E-state index contributed by atoms with van der Waals surface area (Å²) >= 11 is 0. The Morgan fingerprint density at radius 3 is 1.10 bits per heavy atom. The normalized spacial score (nSPS) is 13.9. The first kappa shape index (κ1) is 41.8. The van der Waals surface area contributed by atoms with Gasteiger partial charge in [0.1, 0.15) is 0 Å². The Labute approximate surface area is 411 Å². The van der Waals surface area contributed by atoms with Crippen LogP contribution in [0.3, 0.4) is 0 Å². The number of anilines is 6. The first-order chi connectivity index (χ1) is 34.3. The van der Waals surface area contributed by atoms with E-state index >= 15 is 0 Å². The van der Waals surface area contributed by atoms with E-state index in [4.69, 9.17) is 0 Å². The Bertz CT molecular complexity index is 3460. The standard InChI is InChI=1S/C66H52BN3/c1-65(2)56-29-17-19-31-60(56)67-61-32-20-18-30-57(61)66(3,4)59-42-46(41-58(65)64(59)67)45-33-35-51(36-34-45)70-62-39-37-52(68(47-21-9-5-10-22-47)48-23-11-6-12-24-48)43-54(62)55-44-53(38-40-63(55)70)69(49-25-13-7-14-26-49)50-27-15-8-16-28-50/h5-44H,1-4H3. The van der Waals surface area contributed by atoms with Crippen molar-refractivity contribution in [3.8, 4) is 16.8 Å². The maximum absolute atomic E-state index is 2.51. The molecule has 0 aliphatic carbocycles. The van der Waals surface area contributed by atoms with Crippen LogP contribution in [-0.2, 0) is 10.8 Å². The molecule has 13 rings (SSSR count). The van der Waals surface area contributed by atoms with Gasteiger partial charge in [-0.2, -0.15) is 0 Å². The molecule has 0 N–H and O–H groups in total. The average molecular weight is 898 g/mol. The van der Waals surface area contributed by atoms with Crippen LogP contribution in [0.1, 0.15) is 49.9 Å². The number of benzene rings is 10. The smallest absolute Gasteiger partial charge is 0.242 e. The molecular formula is C66H52BN3. The number of hydrogen-bond acceptors (Lipinski definition) is 2. The Balaban J connectivity index is 0.989. The van der Waals surface area contributed by atoms with Gasteiger partial charge >= 0.3 is 0 Å². The molecule has 4 heteroatoms. The Kier molecular flexibility index (Phi) is 9.64. The van der Waals surface area contributed by atoms with Gasteiger partial charge < -0.3 is 14.4 Å². The van der Waals surface area contributed by atoms with Crippen molar-refractivity contribution in [2.45, 2.75) is 38.5 Å². The predicted octanol–water partition coefficient (Wildman–Crippen LogP) is 15.2. The summed E-state index contributed by atoms with van der Waals surface area (Å²) in [7, 11) is 0. The molecule has 0 saturated carbocycles. The van der Waals surface area contributed by atoms with Crippen LogP contribution in [0.5, 0.6) is 0 Å². The highest BCUT2D eigenvalue weighted by atomic mass is 15.1. The molecule has 0 bridgehead atoms. The summed E-state index contributed by atoms with van der Waals surface area (Å²) in [5, 5.41) is 2.37. The molecule has 70 heavy (non-hydrogen) atoms. The third-order valence-corrected chi connectivity index (χ3v) is 15.5. The zero-order chi connectivity index (χ0) is 47.1. The van der Waals surface area contributed by atoms with E-state index in [1.807, 2.05) is 0 Å². The molecular weight excluding hydrogens is 846 g/mol. The maximum Gasteiger partial charge on any atom is 0.242 e. The van der Waals surface area contributed by atoms with Gasteiger partial charge in [0.05, 0.1) is 11.0 Å². The van der Waals surface area contributed by atoms with Gasteiger partial charge in [-0.3, -0.25) is 0 Å². The summed E-state index contributed by atoms with van der Waals surface area (Å²) in [6.07, 6.45) is 0. The summed E-state index contributed by atoms with van der Waals surface area (Å²) in [6.45, 7) is 9.92. The molecule has 3 heterocycles. The van der Waals surface area contributed by atoms with Crippen LogP contribution in [0.2, 0.25) is 0 Å². The molecule has 0 radical (unpaired) electrons. The predicted molar refractivity (Wildman–Crippen MR) is 297 cm³/mol. The van der Waals surface area contributed by atoms with Crippen molar-refractivity contribution in [3.63, 3.8) is 0 Å². The van der Waals surface area contributed by atoms with E-state index in [1.165, 1.54) is 60.5 Å². The van der Waals surface area contributed by atoms with Crippen molar-refractivity contribution in [2.75, 3.05) is 9.80 Å². The molecule has 334 valence electrons. The van der Waals surface area contributed by atoms with Gasteiger partial charge in [-0.15, -0.1) is 0 Å². The summed E-state index contributed by atoms with van der Waals surface area (Å²) in [6, 6.07) is 89.4. The molecule has 0 atom stereocenters. The highest BCUT2D eigenvalue weighted by molar-refractivity contribution is 6.97. The second-order valence-corrected chi connectivity index (χ2v) is 20.1. The lowest BCUT2D eigenvalue weighted by atomic mass is 9.27. The van der Waals surface area contributed by atoms with Gasteiger partial charge in [0.15, 0.2) is 0 Å². The number of para-hydroxylation sites is 4. The van der Waals surface area contributed by atoms with Gasteiger partial charge in [-0.05, 0) is 130 Å². The van der Waals surface area contributed by atoms with Gasteiger partial charge in [0.2, 0.25) is 6.71 Å². The highest BCUT2D eigenvalue weighted by Gasteiger charge is 2.48. The van der Waals surface area contributed by atoms with Crippen molar-refractivity contribution in [2.24, 2.45) is 0 Å². The van der Waals surface area contributed by atoms with E-state index in [0.717, 1.165) is 50.8 Å². The number of nitrogens with zero attached hydrogens (tertiary/aromatic N) is 3. The van der Waals surface area contributed by atoms with Gasteiger partial charge in [0.25, 0.3) is 0 Å². The zero-order valence-corrected chi connectivity index (χ0v) is 40.0. The van der Waals surface area contributed by atoms with Crippen LogP contribution in [0.15, 0.2) is 243 Å². The van der Waals surface area contributed by atoms with Gasteiger partial charge in [-0.1, -0.05) is 190 Å². The zero-order valence-electron chi connectivity index (χ0n) is 40.0. The minimum absolute atomic E-state index is 0.163. The summed E-state index contributed by atoms with van der Waals surface area (Å²) in [5.41, 5.74) is 22.3. The Hall–Kier alpha value is -8.34. The van der Waals surface area contributed by atoms with Crippen molar-refractivity contribution >= 4 is 79.0 Å². The number of aromatic nitrogens is 1. The van der Waals surface area contributed by atoms with E-state index in [0.29, 0.717) is 0 Å². The molecule has 0 spiro atoms. The van der Waals surface area contributed by atoms with Crippen molar-refractivity contribution in [3.05, 3.63) is 265 Å². The minimum Gasteiger partial charge on any atom is -0.310 e. The fourth-order valence-electron chi connectivity index (χ4n) is 12.1. The van der Waals surface area contributed by atoms with E-state index in [2.05, 4.69) is 285 Å². The number of rotatable bonds is 8. The quantitative estimate of drug-likeness (QED) is 0.141. The van der Waals surface area contributed by atoms with Crippen molar-refractivity contribution in [1.29, 1.82) is 0 Å². The van der Waals surface area contributed by atoms with Crippen LogP contribution in [0.25, 0.3) is 38.6 Å². The van der Waals surface area contributed by atoms with Crippen LogP contribution in [-0.4, -0.2) is 11.3 Å². The average Bonchev–Trinajstić information content (AvgIpc) is 3.73. The van der Waals surface area contributed by atoms with Crippen LogP contribution < -0.4 is 26.2 Å². The molecule has 3 nitrogen and oxygen atoms in total. The number of hydrogen-bond donors (Lipinski definition) is 0. The molecule has 0 unspecified atom stereocenters. The Morgan fingerprint density at radius 1 is 0.329 bits per heavy atom. The monoisotopic (exact) mass is 897 g/mol. The first-order valence-corrected chi connectivity index (χ1v) is 24.6. The molecule has 11 aromatic rings. The third kappa shape index (κ3) is 6.51. The van der Waals surface area contributed by atoms with Crippen LogP contribution in [0, 0.1) is 0 Å². The molecule has 0 saturated heterocycles. The topological polar surface area (TPSA) is 11.4 Å². The van der Waals surface area contributed by atoms with Crippen LogP contribution >= 0.6 is 0 Å². The lowest BCUT2D eigenvalue weighted by molar-refractivity contribution is 0.622. The molecule has 0 fully saturated rings. The van der Waals surface area contributed by atoms with E-state index < -0.39 is 0 Å². The molecule has 0 amide bonds. The SMILES string of the molecule is CC1(C)c2ccccc2B2c3ccccc3C(C)(C)c3cc(-c4ccc(-n5c6ccc(N(c7ccccc7)c7ccccc7)cc6c6cc(N(c7ccccc7)c7ccccc7)ccc65)cc4)cc1c32. The first-order valence-electron chi connectivity index (χ1n) is 24.6. The summed E-state index contributed by atoms with van der Waals surface area (Å²) in [4.78, 5) is 4.71. The fraction of sp³-hybridized carbons (Fsp3) is 0.0909. The molecule has 10 aromatic carbocycles. The number of fused-ring (bicyclic) bond motifs is 7. The summed E-state index contributed by atoms with van der Waals surface area (Å²) in [5.74, 6) is 0. The molecule has 1 aromatic heterocycles. The van der Waals surface area contributed by atoms with E-state index in [1.54, 1.807) is 0 Å². The lowest BCUT2D eigenvalue weighted by Crippen LogP contribution is -2.66. The largest absolute Gasteiger partial charge is 0.310 e. The second-order valence-electron chi connectivity index (χ2n) is 20.1. The third-order valence-electron chi connectivity index (χ3n) is 15.5. The Morgan fingerprint density at radius 2 is 0.700 bits per heavy atom. The minimum atomic E-state index is -0.163. The fourth-order valence-corrected chi connectivity index (χ4v) is 12.1. The summed E-state index contributed by atoms with van der Waals surface area (Å²) < 4.78 is 2.45. The maximum atomic E-state index is 2.51. The lowest BCUT2D eigenvalue weighted by Gasteiger charge is -2.47. The second kappa shape index (κ2) is 16.1. The highest BCUT2D eigenvalue weighted by Crippen LogP contribution is 2.45. The van der Waals surface area contributed by atoms with E-state index in [-0.39, 0.29) is 17.5 Å².